The zero-order valence-electron chi connectivity index (χ0n) is 29.9. The maximum atomic E-state index is 13.7. The monoisotopic (exact) mass is 723 g/mol. The molecule has 3 aromatic carbocycles. The first kappa shape index (κ1) is 37.6. The van der Waals surface area contributed by atoms with Crippen LogP contribution in [0.3, 0.4) is 0 Å². The van der Waals surface area contributed by atoms with Crippen molar-refractivity contribution in [2.45, 2.75) is 70.4 Å². The van der Waals surface area contributed by atoms with Crippen molar-refractivity contribution in [1.29, 1.82) is 0 Å². The Morgan fingerprint density at radius 1 is 0.980 bits per heavy atom. The SMILES string of the molecule is CCC(Sc1cccc(NC(=O)/C(=C/c2ccccc2C)NC(=O)c2ccccc2)c1)C(=O)Nc1sc2c(c1C(=O)OC)CCC(C(C)(C)C)C2. The fraction of sp³-hybridized carbons (Fsp3) is 0.317. The fourth-order valence-electron chi connectivity index (χ4n) is 6.10. The number of thiophene rings is 1. The summed E-state index contributed by atoms with van der Waals surface area (Å²) in [6.07, 6.45) is 4.82. The van der Waals surface area contributed by atoms with Gasteiger partial charge in [0.25, 0.3) is 11.8 Å². The number of nitrogens with one attached hydrogen (secondary N) is 3. The fourth-order valence-corrected chi connectivity index (χ4v) is 8.43. The van der Waals surface area contributed by atoms with Crippen molar-refractivity contribution in [1.82, 2.24) is 5.32 Å². The molecule has 1 aliphatic rings. The van der Waals surface area contributed by atoms with Crippen LogP contribution in [0.5, 0.6) is 0 Å². The van der Waals surface area contributed by atoms with Gasteiger partial charge in [-0.1, -0.05) is 76.2 Å². The second-order valence-corrected chi connectivity index (χ2v) is 16.1. The number of esters is 1. The summed E-state index contributed by atoms with van der Waals surface area (Å²) in [6.45, 7) is 10.6. The Kier molecular flexibility index (Phi) is 12.2. The number of carbonyl (C=O) groups is 4. The van der Waals surface area contributed by atoms with Gasteiger partial charge in [0.2, 0.25) is 5.91 Å². The average molecular weight is 724 g/mol. The highest BCUT2D eigenvalue weighted by Gasteiger charge is 2.35. The lowest BCUT2D eigenvalue weighted by molar-refractivity contribution is -0.116. The predicted octanol–water partition coefficient (Wildman–Crippen LogP) is 8.91. The van der Waals surface area contributed by atoms with E-state index in [0.29, 0.717) is 34.2 Å². The number of methoxy groups -OCH3 is 1. The van der Waals surface area contributed by atoms with Gasteiger partial charge in [0.15, 0.2) is 0 Å². The van der Waals surface area contributed by atoms with Crippen LogP contribution in [0, 0.1) is 18.3 Å². The minimum Gasteiger partial charge on any atom is -0.465 e. The van der Waals surface area contributed by atoms with Gasteiger partial charge in [-0.25, -0.2) is 4.79 Å². The summed E-state index contributed by atoms with van der Waals surface area (Å²) >= 11 is 2.86. The molecular formula is C41H45N3O5S2. The number of hydrogen-bond donors (Lipinski definition) is 3. The Balaban J connectivity index is 1.32. The van der Waals surface area contributed by atoms with Gasteiger partial charge in [-0.05, 0) is 97.0 Å². The summed E-state index contributed by atoms with van der Waals surface area (Å²) in [5.41, 5.74) is 4.39. The third kappa shape index (κ3) is 9.36. The molecule has 0 saturated heterocycles. The van der Waals surface area contributed by atoms with Crippen molar-refractivity contribution in [3.05, 3.63) is 117 Å². The molecule has 0 radical (unpaired) electrons. The molecule has 3 amide bonds. The molecule has 4 aromatic rings. The second kappa shape index (κ2) is 16.6. The lowest BCUT2D eigenvalue weighted by Gasteiger charge is -2.33. The summed E-state index contributed by atoms with van der Waals surface area (Å²) in [5, 5.41) is 8.85. The summed E-state index contributed by atoms with van der Waals surface area (Å²) in [7, 11) is 1.37. The van der Waals surface area contributed by atoms with Crippen molar-refractivity contribution < 1.29 is 23.9 Å². The molecule has 10 heteroatoms. The average Bonchev–Trinajstić information content (AvgIpc) is 3.47. The molecule has 5 rings (SSSR count). The van der Waals surface area contributed by atoms with E-state index in [1.807, 2.05) is 56.3 Å². The zero-order chi connectivity index (χ0) is 36.7. The smallest absolute Gasteiger partial charge is 0.341 e. The van der Waals surface area contributed by atoms with E-state index in [2.05, 4.69) is 36.7 Å². The Morgan fingerprint density at radius 2 is 1.71 bits per heavy atom. The van der Waals surface area contributed by atoms with Crippen LogP contribution in [0.4, 0.5) is 10.7 Å². The van der Waals surface area contributed by atoms with E-state index < -0.39 is 23.0 Å². The van der Waals surface area contributed by atoms with E-state index in [0.717, 1.165) is 45.7 Å². The third-order valence-electron chi connectivity index (χ3n) is 9.17. The van der Waals surface area contributed by atoms with E-state index in [9.17, 15) is 19.2 Å². The van der Waals surface area contributed by atoms with E-state index in [-0.39, 0.29) is 17.0 Å². The minimum absolute atomic E-state index is 0.0934. The molecule has 0 spiro atoms. The highest BCUT2D eigenvalue weighted by Crippen LogP contribution is 2.45. The highest BCUT2D eigenvalue weighted by molar-refractivity contribution is 8.00. The van der Waals surface area contributed by atoms with Crippen LogP contribution in [0.1, 0.15) is 82.8 Å². The van der Waals surface area contributed by atoms with Crippen LogP contribution in [-0.2, 0) is 27.2 Å². The largest absolute Gasteiger partial charge is 0.465 e. The maximum Gasteiger partial charge on any atom is 0.341 e. The van der Waals surface area contributed by atoms with Crippen LogP contribution in [0.15, 0.2) is 89.5 Å². The van der Waals surface area contributed by atoms with E-state index in [1.54, 1.807) is 42.5 Å². The molecule has 0 aliphatic heterocycles. The number of hydrogen-bond acceptors (Lipinski definition) is 7. The van der Waals surface area contributed by atoms with Crippen LogP contribution in [-0.4, -0.2) is 36.1 Å². The van der Waals surface area contributed by atoms with Gasteiger partial charge in [0.1, 0.15) is 10.7 Å². The molecule has 1 heterocycles. The summed E-state index contributed by atoms with van der Waals surface area (Å²) in [4.78, 5) is 55.3. The molecule has 266 valence electrons. The molecule has 0 fully saturated rings. The lowest BCUT2D eigenvalue weighted by atomic mass is 9.72. The summed E-state index contributed by atoms with van der Waals surface area (Å²) in [5.74, 6) is -1.04. The van der Waals surface area contributed by atoms with Gasteiger partial charge < -0.3 is 20.7 Å². The van der Waals surface area contributed by atoms with Gasteiger partial charge in [0.05, 0.1) is 17.9 Å². The first-order valence-electron chi connectivity index (χ1n) is 17.1. The number of benzene rings is 3. The van der Waals surface area contributed by atoms with Crippen molar-refractivity contribution in [3.8, 4) is 0 Å². The first-order valence-corrected chi connectivity index (χ1v) is 18.8. The minimum atomic E-state index is -0.486. The van der Waals surface area contributed by atoms with Gasteiger partial charge in [-0.2, -0.15) is 0 Å². The molecule has 1 aliphatic carbocycles. The van der Waals surface area contributed by atoms with Crippen LogP contribution in [0.25, 0.3) is 6.08 Å². The zero-order valence-corrected chi connectivity index (χ0v) is 31.6. The number of rotatable bonds is 11. The predicted molar refractivity (Wildman–Crippen MR) is 207 cm³/mol. The molecular weight excluding hydrogens is 679 g/mol. The van der Waals surface area contributed by atoms with Gasteiger partial charge in [-0.3, -0.25) is 14.4 Å². The summed E-state index contributed by atoms with van der Waals surface area (Å²) < 4.78 is 5.15. The van der Waals surface area contributed by atoms with Crippen molar-refractivity contribution >= 4 is 63.6 Å². The van der Waals surface area contributed by atoms with Gasteiger partial charge in [-0.15, -0.1) is 23.1 Å². The number of thioether (sulfide) groups is 1. The van der Waals surface area contributed by atoms with Crippen molar-refractivity contribution in [2.75, 3.05) is 17.7 Å². The number of amides is 3. The normalized spacial score (nSPS) is 14.9. The van der Waals surface area contributed by atoms with Crippen LogP contribution in [0.2, 0.25) is 0 Å². The molecule has 2 unspecified atom stereocenters. The van der Waals surface area contributed by atoms with E-state index in [4.69, 9.17) is 4.74 Å². The third-order valence-corrected chi connectivity index (χ3v) is 11.7. The van der Waals surface area contributed by atoms with E-state index >= 15 is 0 Å². The standard InChI is InChI=1S/C41H45N3O5S2/c1-7-33(38(47)44-39-35(40(48)49-6)31-21-20-28(41(3,4)5)23-34(31)51-39)50-30-19-13-18-29(24-30)42-37(46)32(22-27-17-12-11-14-25(27)2)43-36(45)26-15-9-8-10-16-26/h8-19,22,24,28,33H,7,20-21,23H2,1-6H3,(H,42,46)(H,43,45)(H,44,47)/b32-22-. The Morgan fingerprint density at radius 3 is 2.39 bits per heavy atom. The van der Waals surface area contributed by atoms with Crippen molar-refractivity contribution in [3.63, 3.8) is 0 Å². The van der Waals surface area contributed by atoms with Crippen molar-refractivity contribution in [2.24, 2.45) is 11.3 Å². The molecule has 8 nitrogen and oxygen atoms in total. The molecule has 51 heavy (non-hydrogen) atoms. The molecule has 3 N–H and O–H groups in total. The van der Waals surface area contributed by atoms with Crippen LogP contribution < -0.4 is 16.0 Å². The maximum absolute atomic E-state index is 13.7. The Bertz CT molecular complexity index is 1940. The number of carbonyl (C=O) groups excluding carboxylic acids is 4. The lowest BCUT2D eigenvalue weighted by Crippen LogP contribution is -2.30. The second-order valence-electron chi connectivity index (χ2n) is 13.7. The molecule has 0 bridgehead atoms. The quantitative estimate of drug-likeness (QED) is 0.0810. The van der Waals surface area contributed by atoms with Gasteiger partial charge >= 0.3 is 5.97 Å². The van der Waals surface area contributed by atoms with Gasteiger partial charge in [0, 0.05) is 21.0 Å². The molecule has 1 aromatic heterocycles. The molecule has 0 saturated carbocycles. The number of anilines is 2. The molecule has 2 atom stereocenters. The first-order chi connectivity index (χ1) is 24.4. The van der Waals surface area contributed by atoms with E-state index in [1.165, 1.54) is 30.2 Å². The number of fused-ring (bicyclic) bond motifs is 1. The summed E-state index contributed by atoms with van der Waals surface area (Å²) in [6, 6.07) is 23.6. The number of aryl methyl sites for hydroxylation is 1. The highest BCUT2D eigenvalue weighted by atomic mass is 32.2. The van der Waals surface area contributed by atoms with Crippen LogP contribution >= 0.6 is 23.1 Å². The topological polar surface area (TPSA) is 114 Å². The Hall–Kier alpha value is -4.67. The number of ether oxygens (including phenoxy) is 1. The Labute approximate surface area is 308 Å².